The topological polar surface area (TPSA) is 43.8 Å². The predicted molar refractivity (Wildman–Crippen MR) is 63.4 cm³/mol. The zero-order chi connectivity index (χ0) is 11.2. The highest BCUT2D eigenvalue weighted by Gasteiger charge is 2.42. The zero-order valence-corrected chi connectivity index (χ0v) is 9.35. The van der Waals surface area contributed by atoms with E-state index in [0.717, 1.165) is 24.2 Å². The van der Waals surface area contributed by atoms with E-state index in [1.54, 1.807) is 0 Å². The van der Waals surface area contributed by atoms with Crippen LogP contribution in [0.4, 0.5) is 0 Å². The van der Waals surface area contributed by atoms with Gasteiger partial charge in [0.05, 0.1) is 17.6 Å². The molecule has 2 N–H and O–H groups in total. The van der Waals surface area contributed by atoms with Gasteiger partial charge in [0.25, 0.3) is 0 Å². The fraction of sp³-hybridized carbons (Fsp3) is 0.308. The molecule has 1 aromatic carbocycles. The number of hydrogen-bond donors (Lipinski definition) is 1. The highest BCUT2D eigenvalue weighted by Crippen LogP contribution is 2.41. The first-order valence-electron chi connectivity index (χ1n) is 5.58. The van der Waals surface area contributed by atoms with Crippen molar-refractivity contribution in [2.75, 3.05) is 0 Å². The second-order valence-corrected chi connectivity index (χ2v) is 4.66. The standard InChI is InChI=1S/C13H15N3/c1-10-3-2-4-11(7-10)16-8-12(15-9-16)13(14)5-6-13/h2-4,7-9H,5-6,14H2,1H3. The molecule has 1 fully saturated rings. The highest BCUT2D eigenvalue weighted by molar-refractivity contribution is 5.36. The predicted octanol–water partition coefficient (Wildman–Crippen LogP) is 2.13. The van der Waals surface area contributed by atoms with Crippen LogP contribution in [0, 0.1) is 6.92 Å². The summed E-state index contributed by atoms with van der Waals surface area (Å²) in [5, 5.41) is 0. The summed E-state index contributed by atoms with van der Waals surface area (Å²) in [6.07, 6.45) is 5.99. The van der Waals surface area contributed by atoms with Gasteiger partial charge in [-0.05, 0) is 37.5 Å². The summed E-state index contributed by atoms with van der Waals surface area (Å²) in [4.78, 5) is 4.39. The fourth-order valence-corrected chi connectivity index (χ4v) is 1.90. The summed E-state index contributed by atoms with van der Waals surface area (Å²) in [5.41, 5.74) is 9.37. The normalized spacial score (nSPS) is 17.4. The van der Waals surface area contributed by atoms with Crippen LogP contribution in [-0.4, -0.2) is 9.55 Å². The van der Waals surface area contributed by atoms with Gasteiger partial charge in [0.15, 0.2) is 0 Å². The maximum Gasteiger partial charge on any atom is 0.0996 e. The van der Waals surface area contributed by atoms with Crippen molar-refractivity contribution < 1.29 is 0 Å². The summed E-state index contributed by atoms with van der Waals surface area (Å²) in [7, 11) is 0. The van der Waals surface area contributed by atoms with Crippen molar-refractivity contribution in [3.05, 3.63) is 48.0 Å². The van der Waals surface area contributed by atoms with Gasteiger partial charge >= 0.3 is 0 Å². The minimum absolute atomic E-state index is 0.144. The fourth-order valence-electron chi connectivity index (χ4n) is 1.90. The van der Waals surface area contributed by atoms with Gasteiger partial charge < -0.3 is 10.3 Å². The molecule has 82 valence electrons. The molecule has 2 aromatic rings. The van der Waals surface area contributed by atoms with Crippen LogP contribution in [0.3, 0.4) is 0 Å². The van der Waals surface area contributed by atoms with E-state index in [0.29, 0.717) is 0 Å². The first-order chi connectivity index (χ1) is 7.67. The third-order valence-electron chi connectivity index (χ3n) is 3.18. The Labute approximate surface area is 94.9 Å². The van der Waals surface area contributed by atoms with E-state index in [9.17, 15) is 0 Å². The molecule has 1 saturated carbocycles. The Morgan fingerprint density at radius 2 is 2.19 bits per heavy atom. The van der Waals surface area contributed by atoms with Crippen molar-refractivity contribution in [2.24, 2.45) is 5.73 Å². The second kappa shape index (κ2) is 3.19. The van der Waals surface area contributed by atoms with Gasteiger partial charge in [0, 0.05) is 11.9 Å². The quantitative estimate of drug-likeness (QED) is 0.830. The monoisotopic (exact) mass is 213 g/mol. The summed E-state index contributed by atoms with van der Waals surface area (Å²) < 4.78 is 2.04. The summed E-state index contributed by atoms with van der Waals surface area (Å²) in [6, 6.07) is 8.36. The summed E-state index contributed by atoms with van der Waals surface area (Å²) >= 11 is 0. The van der Waals surface area contributed by atoms with E-state index in [1.807, 2.05) is 17.1 Å². The molecule has 1 aromatic heterocycles. The molecule has 0 spiro atoms. The Hall–Kier alpha value is -1.61. The van der Waals surface area contributed by atoms with Gasteiger partial charge in [-0.15, -0.1) is 0 Å². The molecule has 0 aliphatic heterocycles. The SMILES string of the molecule is Cc1cccc(-n2cnc(C3(N)CC3)c2)c1. The molecule has 1 aliphatic rings. The minimum Gasteiger partial charge on any atom is -0.320 e. The van der Waals surface area contributed by atoms with Gasteiger partial charge in [-0.2, -0.15) is 0 Å². The van der Waals surface area contributed by atoms with E-state index in [-0.39, 0.29) is 5.54 Å². The Morgan fingerprint density at radius 1 is 1.38 bits per heavy atom. The van der Waals surface area contributed by atoms with Crippen LogP contribution in [0.25, 0.3) is 5.69 Å². The average molecular weight is 213 g/mol. The third-order valence-corrected chi connectivity index (χ3v) is 3.18. The first-order valence-corrected chi connectivity index (χ1v) is 5.58. The van der Waals surface area contributed by atoms with Crippen LogP contribution >= 0.6 is 0 Å². The van der Waals surface area contributed by atoms with Crippen molar-refractivity contribution >= 4 is 0 Å². The van der Waals surface area contributed by atoms with Crippen molar-refractivity contribution in [2.45, 2.75) is 25.3 Å². The molecular formula is C13H15N3. The smallest absolute Gasteiger partial charge is 0.0996 e. The number of imidazole rings is 1. The number of nitrogens with two attached hydrogens (primary N) is 1. The molecule has 3 heteroatoms. The second-order valence-electron chi connectivity index (χ2n) is 4.66. The summed E-state index contributed by atoms with van der Waals surface area (Å²) in [6.45, 7) is 2.09. The average Bonchev–Trinajstić information content (AvgIpc) is 2.83. The molecule has 0 amide bonds. The van der Waals surface area contributed by atoms with E-state index < -0.39 is 0 Å². The summed E-state index contributed by atoms with van der Waals surface area (Å²) in [5.74, 6) is 0. The van der Waals surface area contributed by atoms with E-state index in [2.05, 4.69) is 36.2 Å². The van der Waals surface area contributed by atoms with Gasteiger partial charge in [-0.1, -0.05) is 12.1 Å². The van der Waals surface area contributed by atoms with Crippen LogP contribution < -0.4 is 5.73 Å². The van der Waals surface area contributed by atoms with Crippen LogP contribution in [0.1, 0.15) is 24.1 Å². The van der Waals surface area contributed by atoms with Crippen LogP contribution in [0.5, 0.6) is 0 Å². The number of nitrogens with zero attached hydrogens (tertiary/aromatic N) is 2. The molecular weight excluding hydrogens is 198 g/mol. The maximum absolute atomic E-state index is 6.11. The van der Waals surface area contributed by atoms with Crippen LogP contribution in [0.15, 0.2) is 36.8 Å². The zero-order valence-electron chi connectivity index (χ0n) is 9.35. The lowest BCUT2D eigenvalue weighted by Gasteiger charge is -2.04. The molecule has 16 heavy (non-hydrogen) atoms. The van der Waals surface area contributed by atoms with E-state index in [1.165, 1.54) is 5.56 Å². The lowest BCUT2D eigenvalue weighted by atomic mass is 10.2. The van der Waals surface area contributed by atoms with Gasteiger partial charge in [0.2, 0.25) is 0 Å². The molecule has 1 heterocycles. The number of hydrogen-bond acceptors (Lipinski definition) is 2. The van der Waals surface area contributed by atoms with Crippen LogP contribution in [0.2, 0.25) is 0 Å². The lowest BCUT2D eigenvalue weighted by molar-refractivity contribution is 0.713. The number of aryl methyl sites for hydroxylation is 1. The van der Waals surface area contributed by atoms with Crippen molar-refractivity contribution in [1.82, 2.24) is 9.55 Å². The molecule has 0 saturated heterocycles. The van der Waals surface area contributed by atoms with Crippen molar-refractivity contribution in [3.8, 4) is 5.69 Å². The maximum atomic E-state index is 6.11. The third kappa shape index (κ3) is 1.53. The molecule has 0 radical (unpaired) electrons. The number of aromatic nitrogens is 2. The Bertz CT molecular complexity index is 523. The molecule has 1 aliphatic carbocycles. The lowest BCUT2D eigenvalue weighted by Crippen LogP contribution is -2.18. The Kier molecular flexibility index (Phi) is 1.91. The molecule has 3 nitrogen and oxygen atoms in total. The van der Waals surface area contributed by atoms with Crippen molar-refractivity contribution in [1.29, 1.82) is 0 Å². The first kappa shape index (κ1) is 9.60. The van der Waals surface area contributed by atoms with Gasteiger partial charge in [-0.25, -0.2) is 4.98 Å². The number of rotatable bonds is 2. The molecule has 3 rings (SSSR count). The molecule has 0 atom stereocenters. The Balaban J connectivity index is 1.98. The van der Waals surface area contributed by atoms with E-state index in [4.69, 9.17) is 5.73 Å². The van der Waals surface area contributed by atoms with Gasteiger partial charge in [-0.3, -0.25) is 0 Å². The van der Waals surface area contributed by atoms with Crippen molar-refractivity contribution in [3.63, 3.8) is 0 Å². The Morgan fingerprint density at radius 3 is 2.88 bits per heavy atom. The van der Waals surface area contributed by atoms with E-state index >= 15 is 0 Å². The molecule has 0 unspecified atom stereocenters. The number of benzene rings is 1. The minimum atomic E-state index is -0.144. The van der Waals surface area contributed by atoms with Gasteiger partial charge in [0.1, 0.15) is 0 Å². The highest BCUT2D eigenvalue weighted by atomic mass is 15.1. The largest absolute Gasteiger partial charge is 0.320 e. The molecule has 0 bridgehead atoms. The van der Waals surface area contributed by atoms with Crippen LogP contribution in [-0.2, 0) is 5.54 Å².